The van der Waals surface area contributed by atoms with Crippen molar-refractivity contribution < 1.29 is 14.3 Å². The zero-order valence-corrected chi connectivity index (χ0v) is 24.2. The fourth-order valence-corrected chi connectivity index (χ4v) is 6.05. The molecule has 1 saturated carbocycles. The third-order valence-corrected chi connectivity index (χ3v) is 8.50. The van der Waals surface area contributed by atoms with Gasteiger partial charge in [-0.2, -0.15) is 0 Å². The molecule has 3 aromatic rings. The molecule has 2 aliphatic rings. The Labute approximate surface area is 237 Å². The Morgan fingerprint density at radius 2 is 1.72 bits per heavy atom. The molecule has 39 heavy (non-hydrogen) atoms. The molecule has 206 valence electrons. The molecule has 1 aliphatic carbocycles. The van der Waals surface area contributed by atoms with Crippen molar-refractivity contribution in [1.82, 2.24) is 0 Å². The van der Waals surface area contributed by atoms with Crippen LogP contribution in [0.15, 0.2) is 60.7 Å². The Balaban J connectivity index is 1.54. The smallest absolute Gasteiger partial charge is 0.232 e. The van der Waals surface area contributed by atoms with Crippen LogP contribution >= 0.6 is 11.6 Å². The van der Waals surface area contributed by atoms with E-state index >= 15 is 0 Å². The average Bonchev–Trinajstić information content (AvgIpc) is 3.46. The summed E-state index contributed by atoms with van der Waals surface area (Å²) in [6.45, 7) is 5.22. The number of halogens is 1. The fraction of sp³-hybridized carbons (Fsp3) is 0.424. The Hall–Kier alpha value is -3.18. The van der Waals surface area contributed by atoms with Crippen LogP contribution in [0, 0.1) is 5.92 Å². The maximum absolute atomic E-state index is 13.8. The number of benzene rings is 3. The average molecular weight is 547 g/mol. The second-order valence-electron chi connectivity index (χ2n) is 11.0. The van der Waals surface area contributed by atoms with Gasteiger partial charge in [-0.1, -0.05) is 43.5 Å². The number of nitrogens with zero attached hydrogens (tertiary/aromatic N) is 2. The molecule has 2 atom stereocenters. The number of methoxy groups -OCH3 is 1. The van der Waals surface area contributed by atoms with Crippen LogP contribution in [0.1, 0.15) is 68.7 Å². The molecule has 0 aromatic heterocycles. The normalized spacial score (nSPS) is 18.1. The van der Waals surface area contributed by atoms with Crippen molar-refractivity contribution in [2.75, 3.05) is 30.5 Å². The number of fused-ring (bicyclic) bond motifs is 1. The molecule has 5 nitrogen and oxygen atoms in total. The SMILES string of the molecule is CCC(C)Oc1cc2c(cc1OC)CC(=O)N(c1ccc(N(C)CC3CCCC3)cc1)C2c1ccc(Cl)cc1. The third-order valence-electron chi connectivity index (χ3n) is 8.25. The number of rotatable bonds is 9. The lowest BCUT2D eigenvalue weighted by Crippen LogP contribution is -2.41. The van der Waals surface area contributed by atoms with E-state index in [2.05, 4.69) is 56.1 Å². The van der Waals surface area contributed by atoms with Crippen molar-refractivity contribution in [3.8, 4) is 11.5 Å². The number of amides is 1. The zero-order valence-electron chi connectivity index (χ0n) is 23.5. The Morgan fingerprint density at radius 1 is 1.03 bits per heavy atom. The van der Waals surface area contributed by atoms with E-state index in [0.717, 1.165) is 41.3 Å². The highest BCUT2D eigenvalue weighted by molar-refractivity contribution is 6.30. The molecule has 0 radical (unpaired) electrons. The number of hydrogen-bond donors (Lipinski definition) is 0. The number of ether oxygens (including phenoxy) is 2. The monoisotopic (exact) mass is 546 g/mol. The van der Waals surface area contributed by atoms with Gasteiger partial charge in [0.25, 0.3) is 0 Å². The molecule has 1 amide bonds. The van der Waals surface area contributed by atoms with Crippen molar-refractivity contribution >= 4 is 28.9 Å². The van der Waals surface area contributed by atoms with E-state index in [0.29, 0.717) is 22.9 Å². The maximum atomic E-state index is 13.8. The molecular formula is C33H39ClN2O3. The molecule has 3 aromatic carbocycles. The molecule has 1 fully saturated rings. The van der Waals surface area contributed by atoms with Gasteiger partial charge in [0.15, 0.2) is 11.5 Å². The Kier molecular flexibility index (Phi) is 8.37. The quantitative estimate of drug-likeness (QED) is 0.274. The number of carbonyl (C=O) groups excluding carboxylic acids is 1. The second kappa shape index (κ2) is 11.9. The molecule has 0 N–H and O–H groups in total. The Morgan fingerprint density at radius 3 is 2.36 bits per heavy atom. The van der Waals surface area contributed by atoms with Gasteiger partial charge in [-0.15, -0.1) is 0 Å². The van der Waals surface area contributed by atoms with Gasteiger partial charge in [-0.25, -0.2) is 0 Å². The van der Waals surface area contributed by atoms with Gasteiger partial charge in [0.2, 0.25) is 5.91 Å². The van der Waals surface area contributed by atoms with Crippen LogP contribution in [0.2, 0.25) is 5.02 Å². The topological polar surface area (TPSA) is 42.0 Å². The lowest BCUT2D eigenvalue weighted by atomic mass is 9.86. The first-order chi connectivity index (χ1) is 18.9. The lowest BCUT2D eigenvalue weighted by molar-refractivity contribution is -0.118. The van der Waals surface area contributed by atoms with Gasteiger partial charge in [0.1, 0.15) is 0 Å². The minimum Gasteiger partial charge on any atom is -0.493 e. The van der Waals surface area contributed by atoms with Crippen molar-refractivity contribution in [3.05, 3.63) is 82.4 Å². The minimum absolute atomic E-state index is 0.0426. The van der Waals surface area contributed by atoms with Gasteiger partial charge in [0.05, 0.1) is 25.7 Å². The van der Waals surface area contributed by atoms with E-state index in [9.17, 15) is 4.79 Å². The summed E-state index contributed by atoms with van der Waals surface area (Å²) in [7, 11) is 3.81. The molecule has 0 saturated heterocycles. The highest BCUT2D eigenvalue weighted by Crippen LogP contribution is 2.44. The van der Waals surface area contributed by atoms with Crippen LogP contribution in [0.25, 0.3) is 0 Å². The van der Waals surface area contributed by atoms with Gasteiger partial charge < -0.3 is 19.3 Å². The minimum atomic E-state index is -0.314. The first-order valence-electron chi connectivity index (χ1n) is 14.1. The van der Waals surface area contributed by atoms with Crippen LogP contribution in [-0.4, -0.2) is 32.7 Å². The molecule has 1 aliphatic heterocycles. The fourth-order valence-electron chi connectivity index (χ4n) is 5.93. The summed E-state index contributed by atoms with van der Waals surface area (Å²) >= 11 is 6.26. The van der Waals surface area contributed by atoms with Gasteiger partial charge in [-0.3, -0.25) is 4.79 Å². The molecule has 0 bridgehead atoms. The van der Waals surface area contributed by atoms with E-state index in [1.807, 2.05) is 35.2 Å². The van der Waals surface area contributed by atoms with Gasteiger partial charge in [-0.05, 0) is 97.3 Å². The van der Waals surface area contributed by atoms with Crippen LogP contribution in [0.4, 0.5) is 11.4 Å². The van der Waals surface area contributed by atoms with Crippen molar-refractivity contribution in [2.45, 2.75) is 64.5 Å². The first-order valence-corrected chi connectivity index (χ1v) is 14.5. The van der Waals surface area contributed by atoms with Crippen molar-refractivity contribution in [3.63, 3.8) is 0 Å². The third kappa shape index (κ3) is 5.89. The van der Waals surface area contributed by atoms with Crippen LogP contribution < -0.4 is 19.3 Å². The van der Waals surface area contributed by atoms with Crippen LogP contribution in [0.5, 0.6) is 11.5 Å². The number of anilines is 2. The Bertz CT molecular complexity index is 1290. The molecule has 5 rings (SSSR count). The van der Waals surface area contributed by atoms with E-state index in [1.165, 1.54) is 31.4 Å². The molecule has 2 unspecified atom stereocenters. The summed E-state index contributed by atoms with van der Waals surface area (Å²) in [5.41, 5.74) is 5.04. The molecule has 1 heterocycles. The highest BCUT2D eigenvalue weighted by atomic mass is 35.5. The summed E-state index contributed by atoms with van der Waals surface area (Å²) < 4.78 is 11.9. The summed E-state index contributed by atoms with van der Waals surface area (Å²) in [5, 5.41) is 0.665. The van der Waals surface area contributed by atoms with E-state index in [-0.39, 0.29) is 18.1 Å². The van der Waals surface area contributed by atoms with Crippen molar-refractivity contribution in [1.29, 1.82) is 0 Å². The van der Waals surface area contributed by atoms with Gasteiger partial charge in [0, 0.05) is 30.0 Å². The zero-order chi connectivity index (χ0) is 27.5. The van der Waals surface area contributed by atoms with E-state index in [4.69, 9.17) is 21.1 Å². The van der Waals surface area contributed by atoms with Crippen molar-refractivity contribution in [2.24, 2.45) is 5.92 Å². The second-order valence-corrected chi connectivity index (χ2v) is 11.4. The number of hydrogen-bond acceptors (Lipinski definition) is 4. The van der Waals surface area contributed by atoms with Crippen LogP contribution in [0.3, 0.4) is 0 Å². The molecule has 0 spiro atoms. The van der Waals surface area contributed by atoms with E-state index < -0.39 is 0 Å². The predicted octanol–water partition coefficient (Wildman–Crippen LogP) is 7.83. The standard InChI is InChI=1S/C33H39ClN2O3/c1-5-22(2)39-31-20-29-25(18-30(31)38-4)19-32(37)36(33(29)24-10-12-26(34)13-11-24)28-16-14-27(15-17-28)35(3)21-23-8-6-7-9-23/h10-18,20,22-23,33H,5-9,19,21H2,1-4H3. The summed E-state index contributed by atoms with van der Waals surface area (Å²) in [6.07, 6.45) is 6.55. The molecular weight excluding hydrogens is 508 g/mol. The predicted molar refractivity (Wildman–Crippen MR) is 160 cm³/mol. The first kappa shape index (κ1) is 27.4. The summed E-state index contributed by atoms with van der Waals surface area (Å²) in [4.78, 5) is 18.0. The van der Waals surface area contributed by atoms with E-state index in [1.54, 1.807) is 7.11 Å². The molecule has 6 heteroatoms. The van der Waals surface area contributed by atoms with Crippen LogP contribution in [-0.2, 0) is 11.2 Å². The van der Waals surface area contributed by atoms with Gasteiger partial charge >= 0.3 is 0 Å². The number of carbonyl (C=O) groups is 1. The maximum Gasteiger partial charge on any atom is 0.232 e. The summed E-state index contributed by atoms with van der Waals surface area (Å²) in [5.74, 6) is 2.17. The lowest BCUT2D eigenvalue weighted by Gasteiger charge is -2.38. The summed E-state index contributed by atoms with van der Waals surface area (Å²) in [6, 6.07) is 19.9. The largest absolute Gasteiger partial charge is 0.493 e. The highest BCUT2D eigenvalue weighted by Gasteiger charge is 2.36.